The van der Waals surface area contributed by atoms with Crippen molar-refractivity contribution in [2.75, 3.05) is 13.2 Å². The molecule has 0 saturated carbocycles. The van der Waals surface area contributed by atoms with Gasteiger partial charge < -0.3 is 19.9 Å². The van der Waals surface area contributed by atoms with Crippen LogP contribution in [0.25, 0.3) is 0 Å². The Kier molecular flexibility index (Phi) is 6.12. The van der Waals surface area contributed by atoms with Gasteiger partial charge in [-0.25, -0.2) is 9.59 Å². The minimum absolute atomic E-state index is 0.00593. The molecule has 0 spiro atoms. The number of esters is 2. The molecule has 0 atom stereocenters. The lowest BCUT2D eigenvalue weighted by Crippen LogP contribution is -2.48. The molecule has 0 radical (unpaired) electrons. The summed E-state index contributed by atoms with van der Waals surface area (Å²) in [5.74, 6) is -2.81. The number of aromatic hydroxyl groups is 1. The molecular formula is C13H16N2O6. The molecule has 8 nitrogen and oxygen atoms in total. The van der Waals surface area contributed by atoms with E-state index in [1.807, 2.05) is 0 Å². The monoisotopic (exact) mass is 296 g/mol. The Morgan fingerprint density at radius 2 is 1.76 bits per heavy atom. The second-order valence-corrected chi connectivity index (χ2v) is 3.84. The number of nitrogens with zero attached hydrogens (tertiary/aromatic N) is 1. The summed E-state index contributed by atoms with van der Waals surface area (Å²) in [4.78, 5) is 39.0. The number of hydrogen-bond donors (Lipinski definition) is 2. The molecule has 0 bridgehead atoms. The highest BCUT2D eigenvalue weighted by Gasteiger charge is 2.31. The zero-order valence-corrected chi connectivity index (χ0v) is 11.7. The van der Waals surface area contributed by atoms with E-state index in [1.54, 1.807) is 13.8 Å². The lowest BCUT2D eigenvalue weighted by atomic mass is 10.2. The molecule has 0 unspecified atom stereocenters. The van der Waals surface area contributed by atoms with Crippen LogP contribution in [0.5, 0.6) is 5.75 Å². The van der Waals surface area contributed by atoms with Gasteiger partial charge in [-0.2, -0.15) is 0 Å². The summed E-state index contributed by atoms with van der Waals surface area (Å²) in [6.07, 6.45) is 2.33. The van der Waals surface area contributed by atoms with E-state index in [1.165, 1.54) is 6.20 Å². The highest BCUT2D eigenvalue weighted by molar-refractivity contribution is 6.05. The fourth-order valence-electron chi connectivity index (χ4n) is 1.43. The Morgan fingerprint density at radius 1 is 1.19 bits per heavy atom. The van der Waals surface area contributed by atoms with E-state index >= 15 is 0 Å². The Bertz CT molecular complexity index is 513. The number of pyridine rings is 1. The predicted octanol–water partition coefficient (Wildman–Crippen LogP) is 0.0118. The van der Waals surface area contributed by atoms with Crippen molar-refractivity contribution in [1.82, 2.24) is 10.3 Å². The molecule has 0 aromatic carbocycles. The quantitative estimate of drug-likeness (QED) is 0.561. The van der Waals surface area contributed by atoms with Gasteiger partial charge in [0.25, 0.3) is 5.91 Å². The molecule has 0 aliphatic heterocycles. The average molecular weight is 296 g/mol. The molecule has 21 heavy (non-hydrogen) atoms. The van der Waals surface area contributed by atoms with Crippen LogP contribution in [0, 0.1) is 0 Å². The first-order valence-electron chi connectivity index (χ1n) is 6.27. The SMILES string of the molecule is CCOC(=O)C(NC(=O)c1cncc(O)c1)C(=O)OCC. The van der Waals surface area contributed by atoms with Crippen molar-refractivity contribution in [2.45, 2.75) is 19.9 Å². The Balaban J connectivity index is 2.87. The third-order valence-electron chi connectivity index (χ3n) is 2.31. The average Bonchev–Trinajstić information content (AvgIpc) is 2.44. The minimum atomic E-state index is -1.57. The summed E-state index contributed by atoms with van der Waals surface area (Å²) in [6, 6.07) is -0.421. The number of carbonyl (C=O) groups excluding carboxylic acids is 3. The molecule has 0 aliphatic rings. The van der Waals surface area contributed by atoms with Crippen LogP contribution in [-0.4, -0.2) is 47.2 Å². The van der Waals surface area contributed by atoms with Crippen molar-refractivity contribution >= 4 is 17.8 Å². The summed E-state index contributed by atoms with van der Waals surface area (Å²) < 4.78 is 9.42. The molecule has 8 heteroatoms. The Labute approximate surface area is 121 Å². The zero-order valence-electron chi connectivity index (χ0n) is 11.7. The number of hydrogen-bond acceptors (Lipinski definition) is 7. The van der Waals surface area contributed by atoms with Crippen LogP contribution in [0.3, 0.4) is 0 Å². The lowest BCUT2D eigenvalue weighted by Gasteiger charge is -2.15. The topological polar surface area (TPSA) is 115 Å². The van der Waals surface area contributed by atoms with Gasteiger partial charge >= 0.3 is 11.9 Å². The maximum atomic E-state index is 11.9. The molecule has 1 heterocycles. The zero-order chi connectivity index (χ0) is 15.8. The highest BCUT2D eigenvalue weighted by Crippen LogP contribution is 2.08. The van der Waals surface area contributed by atoms with E-state index in [0.717, 1.165) is 12.3 Å². The van der Waals surface area contributed by atoms with Crippen LogP contribution in [0.15, 0.2) is 18.5 Å². The standard InChI is InChI=1S/C13H16N2O6/c1-3-20-12(18)10(13(19)21-4-2)15-11(17)8-5-9(16)7-14-6-8/h5-7,10,16H,3-4H2,1-2H3,(H,15,17). The van der Waals surface area contributed by atoms with E-state index in [0.29, 0.717) is 0 Å². The minimum Gasteiger partial charge on any atom is -0.506 e. The summed E-state index contributed by atoms with van der Waals surface area (Å²) in [7, 11) is 0. The number of aromatic nitrogens is 1. The first-order chi connectivity index (χ1) is 9.99. The molecule has 0 saturated heterocycles. The van der Waals surface area contributed by atoms with Crippen LogP contribution in [0.2, 0.25) is 0 Å². The lowest BCUT2D eigenvalue weighted by molar-refractivity contribution is -0.157. The number of rotatable bonds is 6. The van der Waals surface area contributed by atoms with Gasteiger partial charge in [0.15, 0.2) is 0 Å². The third kappa shape index (κ3) is 4.75. The highest BCUT2D eigenvalue weighted by atomic mass is 16.6. The van der Waals surface area contributed by atoms with E-state index in [-0.39, 0.29) is 24.5 Å². The number of amides is 1. The van der Waals surface area contributed by atoms with Crippen molar-refractivity contribution in [3.05, 3.63) is 24.0 Å². The largest absolute Gasteiger partial charge is 0.506 e. The van der Waals surface area contributed by atoms with Gasteiger partial charge in [0.05, 0.1) is 25.0 Å². The molecule has 1 aromatic rings. The molecule has 1 amide bonds. The van der Waals surface area contributed by atoms with Gasteiger partial charge in [-0.15, -0.1) is 0 Å². The molecule has 114 valence electrons. The van der Waals surface area contributed by atoms with Crippen molar-refractivity contribution < 1.29 is 29.0 Å². The number of nitrogens with one attached hydrogen (secondary N) is 1. The van der Waals surface area contributed by atoms with Crippen LogP contribution < -0.4 is 5.32 Å². The second-order valence-electron chi connectivity index (χ2n) is 3.84. The Hall–Kier alpha value is -2.64. The van der Waals surface area contributed by atoms with E-state index < -0.39 is 23.9 Å². The van der Waals surface area contributed by atoms with Crippen molar-refractivity contribution in [2.24, 2.45) is 0 Å². The first kappa shape index (κ1) is 16.4. The van der Waals surface area contributed by atoms with Crippen molar-refractivity contribution in [3.8, 4) is 5.75 Å². The van der Waals surface area contributed by atoms with Gasteiger partial charge in [0.2, 0.25) is 6.04 Å². The van der Waals surface area contributed by atoms with Crippen LogP contribution >= 0.6 is 0 Å². The van der Waals surface area contributed by atoms with Gasteiger partial charge in [-0.3, -0.25) is 9.78 Å². The van der Waals surface area contributed by atoms with Crippen LogP contribution in [-0.2, 0) is 19.1 Å². The van der Waals surface area contributed by atoms with Crippen molar-refractivity contribution in [3.63, 3.8) is 0 Å². The first-order valence-corrected chi connectivity index (χ1v) is 6.27. The van der Waals surface area contributed by atoms with Gasteiger partial charge in [0.1, 0.15) is 5.75 Å². The predicted molar refractivity (Wildman–Crippen MR) is 70.4 cm³/mol. The summed E-state index contributed by atoms with van der Waals surface area (Å²) in [5, 5.41) is 11.4. The number of ether oxygens (including phenoxy) is 2. The maximum absolute atomic E-state index is 11.9. The molecular weight excluding hydrogens is 280 g/mol. The van der Waals surface area contributed by atoms with E-state index in [9.17, 15) is 19.5 Å². The molecule has 2 N–H and O–H groups in total. The Morgan fingerprint density at radius 3 is 2.24 bits per heavy atom. The summed E-state index contributed by atoms with van der Waals surface area (Å²) in [6.45, 7) is 3.25. The summed E-state index contributed by atoms with van der Waals surface area (Å²) in [5.41, 5.74) is -0.00593. The maximum Gasteiger partial charge on any atom is 0.340 e. The van der Waals surface area contributed by atoms with Crippen LogP contribution in [0.4, 0.5) is 0 Å². The van der Waals surface area contributed by atoms with Gasteiger partial charge in [0, 0.05) is 6.20 Å². The fraction of sp³-hybridized carbons (Fsp3) is 0.385. The normalized spacial score (nSPS) is 10.0. The van der Waals surface area contributed by atoms with Gasteiger partial charge in [-0.05, 0) is 19.9 Å². The third-order valence-corrected chi connectivity index (χ3v) is 2.31. The smallest absolute Gasteiger partial charge is 0.340 e. The molecule has 1 aromatic heterocycles. The van der Waals surface area contributed by atoms with Crippen molar-refractivity contribution in [1.29, 1.82) is 0 Å². The summed E-state index contributed by atoms with van der Waals surface area (Å²) >= 11 is 0. The fourth-order valence-corrected chi connectivity index (χ4v) is 1.43. The molecule has 0 aliphatic carbocycles. The van der Waals surface area contributed by atoms with E-state index in [4.69, 9.17) is 9.47 Å². The van der Waals surface area contributed by atoms with Gasteiger partial charge in [-0.1, -0.05) is 0 Å². The molecule has 0 fully saturated rings. The number of carbonyl (C=O) groups is 3. The molecule has 1 rings (SSSR count). The second kappa shape index (κ2) is 7.83. The van der Waals surface area contributed by atoms with Crippen LogP contribution in [0.1, 0.15) is 24.2 Å². The van der Waals surface area contributed by atoms with E-state index in [2.05, 4.69) is 10.3 Å².